The average molecular weight is 306 g/mol. The number of aromatic hydroxyl groups is 1. The minimum atomic E-state index is -0.855. The number of benzene rings is 2. The normalized spacial score (nSPS) is 11.9. The molecule has 2 aromatic rings. The summed E-state index contributed by atoms with van der Waals surface area (Å²) < 4.78 is 0. The number of rotatable bonds is 5. The minimum absolute atomic E-state index is 0.0847. The van der Waals surface area contributed by atoms with Crippen LogP contribution in [0.2, 0.25) is 5.02 Å². The molecule has 1 atom stereocenters. The van der Waals surface area contributed by atoms with Crippen LogP contribution in [0.1, 0.15) is 17.2 Å². The van der Waals surface area contributed by atoms with Gasteiger partial charge in [-0.2, -0.15) is 0 Å². The lowest BCUT2D eigenvalue weighted by molar-refractivity contribution is -0.120. The van der Waals surface area contributed by atoms with Gasteiger partial charge in [-0.3, -0.25) is 4.79 Å². The molecule has 0 unspecified atom stereocenters. The quantitative estimate of drug-likeness (QED) is 0.794. The molecule has 0 aliphatic heterocycles. The van der Waals surface area contributed by atoms with Gasteiger partial charge in [0.15, 0.2) is 0 Å². The summed E-state index contributed by atoms with van der Waals surface area (Å²) in [6.45, 7) is 0.0847. The molecule has 2 rings (SSSR count). The Bertz CT molecular complexity index is 630. The third-order valence-electron chi connectivity index (χ3n) is 3.03. The van der Waals surface area contributed by atoms with E-state index in [4.69, 9.17) is 11.6 Å². The maximum atomic E-state index is 11.8. The first-order valence-corrected chi connectivity index (χ1v) is 6.91. The van der Waals surface area contributed by atoms with Crippen LogP contribution in [0.15, 0.2) is 48.5 Å². The fraction of sp³-hybridized carbons (Fsp3) is 0.188. The van der Waals surface area contributed by atoms with E-state index in [9.17, 15) is 15.0 Å². The summed E-state index contributed by atoms with van der Waals surface area (Å²) in [4.78, 5) is 11.8. The second-order valence-corrected chi connectivity index (χ2v) is 5.10. The number of aliphatic hydroxyl groups excluding tert-OH is 1. The molecule has 1 amide bonds. The topological polar surface area (TPSA) is 69.6 Å². The fourth-order valence-electron chi connectivity index (χ4n) is 1.98. The first kappa shape index (κ1) is 15.4. The van der Waals surface area contributed by atoms with Crippen molar-refractivity contribution in [1.29, 1.82) is 0 Å². The number of amides is 1. The van der Waals surface area contributed by atoms with Crippen LogP contribution in [0.4, 0.5) is 0 Å². The second-order valence-electron chi connectivity index (χ2n) is 4.69. The largest absolute Gasteiger partial charge is 0.508 e. The highest BCUT2D eigenvalue weighted by Gasteiger charge is 2.12. The van der Waals surface area contributed by atoms with Crippen molar-refractivity contribution >= 4 is 17.5 Å². The molecule has 2 aromatic carbocycles. The molecular weight excluding hydrogens is 290 g/mol. The van der Waals surface area contributed by atoms with Gasteiger partial charge in [-0.1, -0.05) is 41.9 Å². The molecule has 21 heavy (non-hydrogen) atoms. The van der Waals surface area contributed by atoms with Crippen LogP contribution in [0, 0.1) is 0 Å². The average Bonchev–Trinajstić information content (AvgIpc) is 2.45. The number of phenols is 1. The predicted molar refractivity (Wildman–Crippen MR) is 81.2 cm³/mol. The Morgan fingerprint density at radius 1 is 1.19 bits per heavy atom. The van der Waals surface area contributed by atoms with Crippen molar-refractivity contribution in [2.45, 2.75) is 12.5 Å². The number of hydrogen-bond acceptors (Lipinski definition) is 3. The third kappa shape index (κ3) is 4.48. The smallest absolute Gasteiger partial charge is 0.224 e. The van der Waals surface area contributed by atoms with Crippen molar-refractivity contribution in [2.24, 2.45) is 0 Å². The molecule has 0 saturated carbocycles. The maximum Gasteiger partial charge on any atom is 0.224 e. The monoisotopic (exact) mass is 305 g/mol. The minimum Gasteiger partial charge on any atom is -0.508 e. The van der Waals surface area contributed by atoms with Crippen molar-refractivity contribution in [3.8, 4) is 5.75 Å². The first-order chi connectivity index (χ1) is 10.1. The van der Waals surface area contributed by atoms with Gasteiger partial charge in [-0.25, -0.2) is 0 Å². The van der Waals surface area contributed by atoms with Crippen molar-refractivity contribution < 1.29 is 15.0 Å². The molecule has 0 bridgehead atoms. The van der Waals surface area contributed by atoms with E-state index in [1.165, 1.54) is 6.07 Å². The molecule has 0 aromatic heterocycles. The number of nitrogens with one attached hydrogen (secondary N) is 1. The van der Waals surface area contributed by atoms with E-state index in [0.29, 0.717) is 16.1 Å². The van der Waals surface area contributed by atoms with Gasteiger partial charge in [0.25, 0.3) is 0 Å². The van der Waals surface area contributed by atoms with Gasteiger partial charge in [0.2, 0.25) is 5.91 Å². The molecule has 0 fully saturated rings. The molecule has 0 saturated heterocycles. The van der Waals surface area contributed by atoms with Crippen LogP contribution in [0.25, 0.3) is 0 Å². The summed E-state index contributed by atoms with van der Waals surface area (Å²) in [5, 5.41) is 22.5. The van der Waals surface area contributed by atoms with Crippen LogP contribution in [0.5, 0.6) is 5.75 Å². The molecule has 0 radical (unpaired) electrons. The Balaban J connectivity index is 1.88. The Labute approximate surface area is 128 Å². The summed E-state index contributed by atoms with van der Waals surface area (Å²) in [6, 6.07) is 13.5. The van der Waals surface area contributed by atoms with Gasteiger partial charge < -0.3 is 15.5 Å². The molecule has 5 heteroatoms. The number of carbonyl (C=O) groups is 1. The van der Waals surface area contributed by atoms with Crippen molar-refractivity contribution in [2.75, 3.05) is 6.54 Å². The van der Waals surface area contributed by atoms with Crippen LogP contribution in [-0.4, -0.2) is 22.7 Å². The Kier molecular flexibility index (Phi) is 5.20. The number of halogens is 1. The van der Waals surface area contributed by atoms with E-state index in [-0.39, 0.29) is 24.6 Å². The summed E-state index contributed by atoms with van der Waals surface area (Å²) in [5.41, 5.74) is 1.29. The fourth-order valence-corrected chi connectivity index (χ4v) is 2.24. The van der Waals surface area contributed by atoms with Gasteiger partial charge in [-0.15, -0.1) is 0 Å². The van der Waals surface area contributed by atoms with Gasteiger partial charge in [0.05, 0.1) is 12.5 Å². The van der Waals surface area contributed by atoms with Crippen LogP contribution in [0.3, 0.4) is 0 Å². The maximum absolute atomic E-state index is 11.8. The Hall–Kier alpha value is -2.04. The summed E-state index contributed by atoms with van der Waals surface area (Å²) in [6.07, 6.45) is -0.712. The lowest BCUT2D eigenvalue weighted by Crippen LogP contribution is -2.29. The van der Waals surface area contributed by atoms with E-state index in [1.807, 2.05) is 0 Å². The van der Waals surface area contributed by atoms with E-state index < -0.39 is 6.10 Å². The van der Waals surface area contributed by atoms with Crippen LogP contribution < -0.4 is 5.32 Å². The van der Waals surface area contributed by atoms with Crippen LogP contribution in [-0.2, 0) is 11.2 Å². The second kappa shape index (κ2) is 7.11. The highest BCUT2D eigenvalue weighted by molar-refractivity contribution is 6.31. The van der Waals surface area contributed by atoms with E-state index in [0.717, 1.165) is 0 Å². The molecule has 0 aliphatic rings. The molecule has 0 aliphatic carbocycles. The van der Waals surface area contributed by atoms with Gasteiger partial charge in [0.1, 0.15) is 5.75 Å². The number of aliphatic hydroxyl groups is 1. The Morgan fingerprint density at radius 3 is 2.67 bits per heavy atom. The van der Waals surface area contributed by atoms with E-state index in [2.05, 4.69) is 5.32 Å². The lowest BCUT2D eigenvalue weighted by Gasteiger charge is -2.13. The summed E-state index contributed by atoms with van der Waals surface area (Å²) in [7, 11) is 0. The first-order valence-electron chi connectivity index (χ1n) is 6.53. The standard InChI is InChI=1S/C16H16ClNO3/c17-14-7-2-1-6-13(14)15(20)10-18-16(21)9-11-4-3-5-12(19)8-11/h1-8,15,19-20H,9-10H2,(H,18,21)/t15-/m0/s1. The lowest BCUT2D eigenvalue weighted by atomic mass is 10.1. The summed E-state index contributed by atoms with van der Waals surface area (Å²) in [5.74, 6) is -0.108. The molecular formula is C16H16ClNO3. The van der Waals surface area contributed by atoms with E-state index in [1.54, 1.807) is 42.5 Å². The number of hydrogen-bond donors (Lipinski definition) is 3. The Morgan fingerprint density at radius 2 is 1.95 bits per heavy atom. The van der Waals surface area contributed by atoms with Crippen molar-refractivity contribution in [3.63, 3.8) is 0 Å². The summed E-state index contributed by atoms with van der Waals surface area (Å²) >= 11 is 5.98. The number of carbonyl (C=O) groups excluding carboxylic acids is 1. The number of phenolic OH excluding ortho intramolecular Hbond substituents is 1. The highest BCUT2D eigenvalue weighted by Crippen LogP contribution is 2.21. The van der Waals surface area contributed by atoms with Gasteiger partial charge in [-0.05, 0) is 23.8 Å². The molecule has 0 spiro atoms. The van der Waals surface area contributed by atoms with E-state index >= 15 is 0 Å². The predicted octanol–water partition coefficient (Wildman–Crippen LogP) is 2.44. The zero-order valence-corrected chi connectivity index (χ0v) is 12.0. The van der Waals surface area contributed by atoms with Gasteiger partial charge in [0, 0.05) is 17.1 Å². The zero-order valence-electron chi connectivity index (χ0n) is 11.3. The molecule has 110 valence electrons. The molecule has 0 heterocycles. The molecule has 4 nitrogen and oxygen atoms in total. The van der Waals surface area contributed by atoms with Crippen molar-refractivity contribution in [1.82, 2.24) is 5.32 Å². The van der Waals surface area contributed by atoms with Gasteiger partial charge >= 0.3 is 0 Å². The SMILES string of the molecule is O=C(Cc1cccc(O)c1)NC[C@H](O)c1ccccc1Cl. The van der Waals surface area contributed by atoms with Crippen LogP contribution >= 0.6 is 11.6 Å². The molecule has 3 N–H and O–H groups in total. The third-order valence-corrected chi connectivity index (χ3v) is 3.38. The van der Waals surface area contributed by atoms with Crippen molar-refractivity contribution in [3.05, 3.63) is 64.7 Å². The highest BCUT2D eigenvalue weighted by atomic mass is 35.5. The zero-order chi connectivity index (χ0) is 15.2.